The highest BCUT2D eigenvalue weighted by atomic mass is 16.7. The Kier molecular flexibility index (Phi) is 6.87. The lowest BCUT2D eigenvalue weighted by Gasteiger charge is -2.46. The van der Waals surface area contributed by atoms with Crippen molar-refractivity contribution in [1.82, 2.24) is 0 Å². The van der Waals surface area contributed by atoms with Crippen LogP contribution in [0, 0.1) is 0 Å². The first-order valence-corrected chi connectivity index (χ1v) is 7.46. The second-order valence-electron chi connectivity index (χ2n) is 5.74. The summed E-state index contributed by atoms with van der Waals surface area (Å²) in [5.74, 6) is 0. The molecule has 7 N–H and O–H groups in total. The Morgan fingerprint density at radius 1 is 0.750 bits per heavy atom. The Bertz CT molecular complexity index is 394. The molecule has 2 heterocycles. The third kappa shape index (κ3) is 3.71. The first-order valence-electron chi connectivity index (χ1n) is 7.46. The minimum atomic E-state index is -1.71. The minimum absolute atomic E-state index is 0.608. The average Bonchev–Trinajstić information content (AvgIpc) is 2.58. The summed E-state index contributed by atoms with van der Waals surface area (Å²) in [6.45, 7) is -1.24. The maximum Gasteiger partial charge on any atom is 0.187 e. The summed E-state index contributed by atoms with van der Waals surface area (Å²) >= 11 is 0. The van der Waals surface area contributed by atoms with Crippen LogP contribution < -0.4 is 0 Å². The highest BCUT2D eigenvalue weighted by Crippen LogP contribution is 2.29. The molecule has 0 bridgehead atoms. The summed E-state index contributed by atoms with van der Waals surface area (Å²) in [7, 11) is 1.23. The van der Waals surface area contributed by atoms with Crippen LogP contribution in [-0.4, -0.2) is 117 Å². The number of rotatable bonds is 5. The zero-order valence-electron chi connectivity index (χ0n) is 13.0. The summed E-state index contributed by atoms with van der Waals surface area (Å²) in [6, 6.07) is 0. The minimum Gasteiger partial charge on any atom is -0.394 e. The van der Waals surface area contributed by atoms with Crippen molar-refractivity contribution in [3.8, 4) is 0 Å². The van der Waals surface area contributed by atoms with Gasteiger partial charge in [0.1, 0.15) is 48.8 Å². The van der Waals surface area contributed by atoms with Gasteiger partial charge in [0.25, 0.3) is 0 Å². The Hall–Kier alpha value is -0.440. The molecule has 2 aliphatic heterocycles. The monoisotopic (exact) mass is 356 g/mol. The quantitative estimate of drug-likeness (QED) is 0.251. The molecule has 10 atom stereocenters. The van der Waals surface area contributed by atoms with Crippen molar-refractivity contribution in [1.29, 1.82) is 0 Å². The standard InChI is InChI=1S/C13H24O11/c1-21-11-7(17)6(16)4(2-14)23-13(11)24-10-5(3-15)22-12(20)9(19)8(10)18/h4-20H,2-3H2,1H3/t4-,5-,6+,7+,8-,9-,10-,11-,12-,13+/m1/s1. The molecule has 142 valence electrons. The third-order valence-electron chi connectivity index (χ3n) is 4.23. The van der Waals surface area contributed by atoms with Crippen LogP contribution in [0.4, 0.5) is 0 Å². The van der Waals surface area contributed by atoms with Crippen molar-refractivity contribution in [2.24, 2.45) is 0 Å². The van der Waals surface area contributed by atoms with Gasteiger partial charge < -0.3 is 54.7 Å². The van der Waals surface area contributed by atoms with E-state index in [0.717, 1.165) is 0 Å². The van der Waals surface area contributed by atoms with Crippen LogP contribution in [0.1, 0.15) is 0 Å². The Morgan fingerprint density at radius 2 is 1.33 bits per heavy atom. The maximum atomic E-state index is 10.1. The van der Waals surface area contributed by atoms with Gasteiger partial charge in [-0.2, -0.15) is 0 Å². The second kappa shape index (κ2) is 8.29. The molecule has 2 rings (SSSR count). The number of ether oxygens (including phenoxy) is 4. The molecule has 24 heavy (non-hydrogen) atoms. The Balaban J connectivity index is 2.16. The summed E-state index contributed by atoms with van der Waals surface area (Å²) < 4.78 is 20.8. The van der Waals surface area contributed by atoms with Gasteiger partial charge in [-0.3, -0.25) is 0 Å². The molecule has 0 aromatic rings. The summed E-state index contributed by atoms with van der Waals surface area (Å²) in [4.78, 5) is 0. The lowest BCUT2D eigenvalue weighted by molar-refractivity contribution is -0.357. The van der Waals surface area contributed by atoms with Gasteiger partial charge in [-0.1, -0.05) is 0 Å². The van der Waals surface area contributed by atoms with E-state index in [-0.39, 0.29) is 0 Å². The molecule has 0 aromatic carbocycles. The average molecular weight is 356 g/mol. The zero-order chi connectivity index (χ0) is 18.0. The fourth-order valence-corrected chi connectivity index (χ4v) is 2.81. The van der Waals surface area contributed by atoms with Gasteiger partial charge >= 0.3 is 0 Å². The molecule has 0 amide bonds. The van der Waals surface area contributed by atoms with E-state index in [1.807, 2.05) is 0 Å². The van der Waals surface area contributed by atoms with Crippen LogP contribution >= 0.6 is 0 Å². The number of aliphatic hydroxyl groups is 7. The van der Waals surface area contributed by atoms with E-state index in [0.29, 0.717) is 0 Å². The topological polar surface area (TPSA) is 179 Å². The maximum absolute atomic E-state index is 10.1. The highest BCUT2D eigenvalue weighted by molar-refractivity contribution is 4.94. The van der Waals surface area contributed by atoms with Crippen LogP contribution in [-0.2, 0) is 18.9 Å². The number of hydrogen-bond acceptors (Lipinski definition) is 11. The van der Waals surface area contributed by atoms with Gasteiger partial charge in [0, 0.05) is 7.11 Å². The van der Waals surface area contributed by atoms with E-state index in [1.54, 1.807) is 0 Å². The first-order chi connectivity index (χ1) is 11.3. The molecule has 2 saturated heterocycles. The Labute approximate surface area is 137 Å². The van der Waals surface area contributed by atoms with Gasteiger partial charge in [0.2, 0.25) is 0 Å². The predicted octanol–water partition coefficient (Wildman–Crippen LogP) is -4.74. The van der Waals surface area contributed by atoms with Gasteiger partial charge in [0.05, 0.1) is 13.2 Å². The molecule has 0 unspecified atom stereocenters. The van der Waals surface area contributed by atoms with Crippen LogP contribution in [0.5, 0.6) is 0 Å². The molecule has 0 aliphatic carbocycles. The lowest BCUT2D eigenvalue weighted by Crippen LogP contribution is -2.64. The van der Waals surface area contributed by atoms with Crippen molar-refractivity contribution in [2.75, 3.05) is 20.3 Å². The number of hydrogen-bond donors (Lipinski definition) is 7. The van der Waals surface area contributed by atoms with Crippen molar-refractivity contribution in [2.45, 2.75) is 61.4 Å². The highest BCUT2D eigenvalue weighted by Gasteiger charge is 2.50. The van der Waals surface area contributed by atoms with Gasteiger partial charge in [-0.25, -0.2) is 0 Å². The fraction of sp³-hybridized carbons (Fsp3) is 1.00. The van der Waals surface area contributed by atoms with Gasteiger partial charge in [0.15, 0.2) is 12.6 Å². The molecule has 0 aromatic heterocycles. The van der Waals surface area contributed by atoms with Crippen LogP contribution in [0.15, 0.2) is 0 Å². The van der Waals surface area contributed by atoms with E-state index >= 15 is 0 Å². The van der Waals surface area contributed by atoms with Crippen molar-refractivity contribution >= 4 is 0 Å². The number of aliphatic hydroxyl groups excluding tert-OH is 7. The second-order valence-corrected chi connectivity index (χ2v) is 5.74. The normalized spacial score (nSPS) is 50.0. The molecule has 11 heteroatoms. The van der Waals surface area contributed by atoms with E-state index in [1.165, 1.54) is 7.11 Å². The van der Waals surface area contributed by atoms with Gasteiger partial charge in [-0.15, -0.1) is 0 Å². The molecule has 11 nitrogen and oxygen atoms in total. The van der Waals surface area contributed by atoms with E-state index < -0.39 is 74.6 Å². The fourth-order valence-electron chi connectivity index (χ4n) is 2.81. The molecular formula is C13H24O11. The SMILES string of the molecule is CO[C@H]1[C@H](O[C@H]2[C@H](O)[C@@H](O)[C@H](O)O[C@@H]2CO)O[C@H](CO)[C@H](O)[C@@H]1O. The first kappa shape index (κ1) is 19.9. The van der Waals surface area contributed by atoms with Crippen molar-refractivity contribution < 1.29 is 54.7 Å². The lowest BCUT2D eigenvalue weighted by atomic mass is 9.97. The smallest absolute Gasteiger partial charge is 0.187 e. The van der Waals surface area contributed by atoms with Crippen molar-refractivity contribution in [3.05, 3.63) is 0 Å². The summed E-state index contributed by atoms with van der Waals surface area (Å²) in [5, 5.41) is 67.6. The molecule has 0 saturated carbocycles. The Morgan fingerprint density at radius 3 is 1.88 bits per heavy atom. The van der Waals surface area contributed by atoms with Crippen LogP contribution in [0.3, 0.4) is 0 Å². The molecule has 0 radical (unpaired) electrons. The molecular weight excluding hydrogens is 332 g/mol. The summed E-state index contributed by atoms with van der Waals surface area (Å²) in [6.07, 6.45) is -14.1. The van der Waals surface area contributed by atoms with Crippen LogP contribution in [0.2, 0.25) is 0 Å². The van der Waals surface area contributed by atoms with Crippen molar-refractivity contribution in [3.63, 3.8) is 0 Å². The zero-order valence-corrected chi connectivity index (χ0v) is 13.0. The predicted molar refractivity (Wildman–Crippen MR) is 73.4 cm³/mol. The van der Waals surface area contributed by atoms with Crippen LogP contribution in [0.25, 0.3) is 0 Å². The largest absolute Gasteiger partial charge is 0.394 e. The molecule has 2 aliphatic rings. The van der Waals surface area contributed by atoms with E-state index in [2.05, 4.69) is 0 Å². The van der Waals surface area contributed by atoms with Gasteiger partial charge in [-0.05, 0) is 0 Å². The molecule has 0 spiro atoms. The summed E-state index contributed by atoms with van der Waals surface area (Å²) in [5.41, 5.74) is 0. The molecule has 2 fully saturated rings. The van der Waals surface area contributed by atoms with E-state index in [4.69, 9.17) is 18.9 Å². The van der Waals surface area contributed by atoms with E-state index in [9.17, 15) is 35.7 Å². The number of methoxy groups -OCH3 is 1. The third-order valence-corrected chi connectivity index (χ3v) is 4.23.